The topological polar surface area (TPSA) is 67.4 Å². The van der Waals surface area contributed by atoms with Gasteiger partial charge >= 0.3 is 0 Å². The van der Waals surface area contributed by atoms with Crippen LogP contribution in [-0.2, 0) is 6.54 Å². The van der Waals surface area contributed by atoms with E-state index in [1.54, 1.807) is 12.1 Å². The number of hydrogen-bond acceptors (Lipinski definition) is 5. The van der Waals surface area contributed by atoms with Gasteiger partial charge in [-0.3, -0.25) is 0 Å². The summed E-state index contributed by atoms with van der Waals surface area (Å²) >= 11 is 7.44. The molecule has 0 aliphatic heterocycles. The van der Waals surface area contributed by atoms with Crippen LogP contribution in [0.25, 0.3) is 11.4 Å². The molecule has 3 aromatic rings. The Labute approximate surface area is 143 Å². The van der Waals surface area contributed by atoms with Crippen LogP contribution < -0.4 is 0 Å². The van der Waals surface area contributed by atoms with Crippen LogP contribution in [0.5, 0.6) is 0 Å². The highest BCUT2D eigenvalue weighted by Gasteiger charge is 2.14. The van der Waals surface area contributed by atoms with Gasteiger partial charge in [-0.1, -0.05) is 29.8 Å². The molecule has 0 spiro atoms. The molecule has 7 heteroatoms. The van der Waals surface area contributed by atoms with Crippen molar-refractivity contribution in [3.63, 3.8) is 0 Å². The zero-order valence-corrected chi connectivity index (χ0v) is 13.8. The Morgan fingerprint density at radius 1 is 1.22 bits per heavy atom. The molecule has 0 radical (unpaired) electrons. The highest BCUT2D eigenvalue weighted by Crippen LogP contribution is 2.29. The van der Waals surface area contributed by atoms with Crippen LogP contribution in [0, 0.1) is 11.3 Å². The van der Waals surface area contributed by atoms with Crippen LogP contribution in [0.3, 0.4) is 0 Å². The van der Waals surface area contributed by atoms with Gasteiger partial charge in [0.1, 0.15) is 16.8 Å². The molecular weight excluding hydrogens is 330 g/mol. The molecule has 3 rings (SSSR count). The Morgan fingerprint density at radius 3 is 2.78 bits per heavy atom. The Hall–Kier alpha value is -2.36. The van der Waals surface area contributed by atoms with Crippen LogP contribution in [0.4, 0.5) is 0 Å². The van der Waals surface area contributed by atoms with E-state index in [4.69, 9.17) is 16.9 Å². The molecule has 0 atom stereocenters. The smallest absolute Gasteiger partial charge is 0.197 e. The summed E-state index contributed by atoms with van der Waals surface area (Å²) in [5, 5.41) is 19.6. The van der Waals surface area contributed by atoms with E-state index >= 15 is 0 Å². The van der Waals surface area contributed by atoms with E-state index in [2.05, 4.69) is 15.2 Å². The first-order valence-electron chi connectivity index (χ1n) is 6.95. The third kappa shape index (κ3) is 3.36. The lowest BCUT2D eigenvalue weighted by atomic mass is 10.2. The van der Waals surface area contributed by atoms with Gasteiger partial charge in [0.15, 0.2) is 11.0 Å². The summed E-state index contributed by atoms with van der Waals surface area (Å²) in [6.45, 7) is 2.75. The van der Waals surface area contributed by atoms with E-state index in [1.165, 1.54) is 11.8 Å². The minimum absolute atomic E-state index is 0.382. The van der Waals surface area contributed by atoms with Gasteiger partial charge in [0.05, 0.1) is 0 Å². The molecule has 0 N–H and O–H groups in total. The number of rotatable bonds is 4. The first kappa shape index (κ1) is 15.5. The SMILES string of the molecule is CCn1c(Sc2cccc(C#N)n2)nnc1-c1cccc(Cl)c1. The largest absolute Gasteiger partial charge is 0.302 e. The van der Waals surface area contributed by atoms with Crippen LogP contribution in [0.15, 0.2) is 52.6 Å². The average Bonchev–Trinajstić information content (AvgIpc) is 2.97. The molecule has 0 aliphatic rings. The molecule has 0 amide bonds. The van der Waals surface area contributed by atoms with Crippen molar-refractivity contribution < 1.29 is 0 Å². The molecule has 0 bridgehead atoms. The summed E-state index contributed by atoms with van der Waals surface area (Å²) in [6.07, 6.45) is 0. The molecule has 0 unspecified atom stereocenters. The van der Waals surface area contributed by atoms with E-state index in [1.807, 2.05) is 47.9 Å². The second-order valence-electron chi connectivity index (χ2n) is 4.64. The van der Waals surface area contributed by atoms with Crippen molar-refractivity contribution in [3.8, 4) is 17.5 Å². The maximum atomic E-state index is 8.94. The van der Waals surface area contributed by atoms with E-state index in [0.717, 1.165) is 23.1 Å². The summed E-state index contributed by atoms with van der Waals surface area (Å²) < 4.78 is 2.00. The molecule has 23 heavy (non-hydrogen) atoms. The number of halogens is 1. The van der Waals surface area contributed by atoms with Crippen LogP contribution in [0.2, 0.25) is 5.02 Å². The van der Waals surface area contributed by atoms with E-state index in [-0.39, 0.29) is 0 Å². The van der Waals surface area contributed by atoms with Crippen molar-refractivity contribution >= 4 is 23.4 Å². The number of hydrogen-bond donors (Lipinski definition) is 0. The van der Waals surface area contributed by atoms with Gasteiger partial charge in [-0.05, 0) is 43.0 Å². The monoisotopic (exact) mass is 341 g/mol. The summed E-state index contributed by atoms with van der Waals surface area (Å²) in [5.74, 6) is 0.758. The van der Waals surface area contributed by atoms with Crippen molar-refractivity contribution in [3.05, 3.63) is 53.2 Å². The standard InChI is InChI=1S/C16H12ClN5S/c1-2-22-15(11-5-3-6-12(17)9-11)20-21-16(22)23-14-8-4-7-13(10-18)19-14/h3-9H,2H2,1H3. The molecule has 5 nitrogen and oxygen atoms in total. The van der Waals surface area contributed by atoms with Crippen molar-refractivity contribution in [1.82, 2.24) is 19.7 Å². The fraction of sp³-hybridized carbons (Fsp3) is 0.125. The summed E-state index contributed by atoms with van der Waals surface area (Å²) in [7, 11) is 0. The molecule has 0 saturated heterocycles. The third-order valence-electron chi connectivity index (χ3n) is 3.15. The summed E-state index contributed by atoms with van der Waals surface area (Å²) in [6, 6.07) is 14.9. The van der Waals surface area contributed by atoms with Gasteiger partial charge in [0.25, 0.3) is 0 Å². The first-order valence-corrected chi connectivity index (χ1v) is 8.15. The van der Waals surface area contributed by atoms with Crippen molar-refractivity contribution in [2.75, 3.05) is 0 Å². The third-order valence-corrected chi connectivity index (χ3v) is 4.31. The van der Waals surface area contributed by atoms with Gasteiger partial charge in [0.2, 0.25) is 0 Å². The predicted octanol–water partition coefficient (Wildman–Crippen LogP) is 4.04. The van der Waals surface area contributed by atoms with E-state index in [9.17, 15) is 0 Å². The predicted molar refractivity (Wildman–Crippen MR) is 89.2 cm³/mol. The Morgan fingerprint density at radius 2 is 2.04 bits per heavy atom. The minimum Gasteiger partial charge on any atom is -0.302 e. The second-order valence-corrected chi connectivity index (χ2v) is 6.06. The van der Waals surface area contributed by atoms with Gasteiger partial charge in [-0.2, -0.15) is 5.26 Å². The lowest BCUT2D eigenvalue weighted by molar-refractivity contribution is 0.686. The highest BCUT2D eigenvalue weighted by molar-refractivity contribution is 7.99. The van der Waals surface area contributed by atoms with Crippen LogP contribution in [0.1, 0.15) is 12.6 Å². The van der Waals surface area contributed by atoms with Crippen molar-refractivity contribution in [1.29, 1.82) is 5.26 Å². The highest BCUT2D eigenvalue weighted by atomic mass is 35.5. The summed E-state index contributed by atoms with van der Waals surface area (Å²) in [5.41, 5.74) is 1.30. The second kappa shape index (κ2) is 6.82. The van der Waals surface area contributed by atoms with Gasteiger partial charge < -0.3 is 4.57 Å². The number of aromatic nitrogens is 4. The van der Waals surface area contributed by atoms with Crippen LogP contribution >= 0.6 is 23.4 Å². The maximum absolute atomic E-state index is 8.94. The zero-order valence-electron chi connectivity index (χ0n) is 12.3. The fourth-order valence-corrected chi connectivity index (χ4v) is 3.19. The number of pyridine rings is 1. The fourth-order valence-electron chi connectivity index (χ4n) is 2.12. The quantitative estimate of drug-likeness (QED) is 0.716. The lowest BCUT2D eigenvalue weighted by Gasteiger charge is -2.07. The Kier molecular flexibility index (Phi) is 4.60. The van der Waals surface area contributed by atoms with E-state index < -0.39 is 0 Å². The molecule has 0 fully saturated rings. The molecule has 2 heterocycles. The maximum Gasteiger partial charge on any atom is 0.197 e. The first-order chi connectivity index (χ1) is 11.2. The molecule has 1 aromatic carbocycles. The molecule has 0 saturated carbocycles. The van der Waals surface area contributed by atoms with Crippen LogP contribution in [-0.4, -0.2) is 19.7 Å². The number of nitrogens with zero attached hydrogens (tertiary/aromatic N) is 5. The van der Waals surface area contributed by atoms with Gasteiger partial charge in [-0.15, -0.1) is 10.2 Å². The molecule has 114 valence electrons. The molecule has 0 aliphatic carbocycles. The molecular formula is C16H12ClN5S. The normalized spacial score (nSPS) is 10.5. The Bertz CT molecular complexity index is 884. The van der Waals surface area contributed by atoms with Crippen molar-refractivity contribution in [2.45, 2.75) is 23.7 Å². The summed E-state index contributed by atoms with van der Waals surface area (Å²) in [4.78, 5) is 4.26. The number of nitriles is 1. The average molecular weight is 342 g/mol. The Balaban J connectivity index is 1.97. The molecule has 2 aromatic heterocycles. The van der Waals surface area contributed by atoms with E-state index in [0.29, 0.717) is 15.7 Å². The zero-order chi connectivity index (χ0) is 16.2. The van der Waals surface area contributed by atoms with Gasteiger partial charge in [0, 0.05) is 17.1 Å². The lowest BCUT2D eigenvalue weighted by Crippen LogP contribution is -2.00. The van der Waals surface area contributed by atoms with Gasteiger partial charge in [-0.25, -0.2) is 4.98 Å². The minimum atomic E-state index is 0.382. The number of benzene rings is 1. The van der Waals surface area contributed by atoms with Crippen molar-refractivity contribution in [2.24, 2.45) is 0 Å².